The molecular weight excluding hydrogens is 821 g/mol. The molecule has 3 aliphatic heterocycles. The first-order valence-corrected chi connectivity index (χ1v) is 20.5. The third-order valence-electron chi connectivity index (χ3n) is 8.36. The summed E-state index contributed by atoms with van der Waals surface area (Å²) in [6.07, 6.45) is -9.41. The Morgan fingerprint density at radius 1 is 0.982 bits per heavy atom. The van der Waals surface area contributed by atoms with Crippen LogP contribution in [0.1, 0.15) is 18.1 Å². The predicted octanol–water partition coefficient (Wildman–Crippen LogP) is -3.18. The van der Waals surface area contributed by atoms with Crippen LogP contribution in [-0.4, -0.2) is 130 Å². The zero-order valence-corrected chi connectivity index (χ0v) is 31.8. The van der Waals surface area contributed by atoms with E-state index in [1.54, 1.807) is 0 Å². The molecule has 3 aromatic heterocycles. The van der Waals surface area contributed by atoms with Crippen LogP contribution in [-0.2, 0) is 57.4 Å². The molecule has 0 aliphatic carbocycles. The molecule has 0 aromatic carbocycles. The summed E-state index contributed by atoms with van der Waals surface area (Å²) in [7, 11) is -14.4. The zero-order chi connectivity index (χ0) is 40.9. The summed E-state index contributed by atoms with van der Waals surface area (Å²) in [6.45, 7) is 1.71. The van der Waals surface area contributed by atoms with E-state index in [1.807, 2.05) is 0 Å². The van der Waals surface area contributed by atoms with Gasteiger partial charge in [0.25, 0.3) is 11.5 Å². The summed E-state index contributed by atoms with van der Waals surface area (Å²) in [5.74, 6) is -0.196. The van der Waals surface area contributed by atoms with Crippen molar-refractivity contribution in [2.75, 3.05) is 39.3 Å². The van der Waals surface area contributed by atoms with Gasteiger partial charge >= 0.3 is 29.1 Å². The number of aromatic nitrogens is 6. The summed E-state index contributed by atoms with van der Waals surface area (Å²) in [6, 6.07) is 0. The third kappa shape index (κ3) is 8.81. The van der Waals surface area contributed by atoms with Crippen LogP contribution in [0, 0.1) is 0 Å². The maximum absolute atomic E-state index is 12.7. The first kappa shape index (κ1) is 42.1. The molecule has 6 heterocycles. The number of hydrogen-bond donors (Lipinski definition) is 10. The number of nitrogens with one attached hydrogen (secondary N) is 2. The van der Waals surface area contributed by atoms with Crippen molar-refractivity contribution in [2.24, 2.45) is 17.8 Å². The lowest BCUT2D eigenvalue weighted by Crippen LogP contribution is -2.47. The van der Waals surface area contributed by atoms with Gasteiger partial charge in [-0.2, -0.15) is 13.6 Å². The molecule has 0 amide bonds. The number of aliphatic imine (C=N–C) groups is 1. The molecule has 11 atom stereocenters. The van der Waals surface area contributed by atoms with E-state index < -0.39 is 91.3 Å². The number of rotatable bonds is 16. The molecule has 0 bridgehead atoms. The third-order valence-corrected chi connectivity index (χ3v) is 12.6. The average molecular weight is 860 g/mol. The fourth-order valence-electron chi connectivity index (χ4n) is 5.96. The number of imidazole rings is 2. The Hall–Kier alpha value is -3.50. The zero-order valence-electron chi connectivity index (χ0n) is 29.1. The van der Waals surface area contributed by atoms with Crippen LogP contribution in [0.5, 0.6) is 0 Å². The summed E-state index contributed by atoms with van der Waals surface area (Å²) in [5.41, 5.74) is 11.5. The number of methoxy groups -OCH3 is 1. The largest absolute Gasteiger partial charge is 0.490 e. The highest BCUT2D eigenvalue weighted by molar-refractivity contribution is 7.66. The van der Waals surface area contributed by atoms with Crippen molar-refractivity contribution in [2.45, 2.75) is 49.1 Å². The number of nitrogen functional groups attached to an aromatic ring is 1. The van der Waals surface area contributed by atoms with Crippen molar-refractivity contribution in [3.05, 3.63) is 35.3 Å². The number of fused-ring (bicyclic) bond motifs is 2. The van der Waals surface area contributed by atoms with Crippen LogP contribution in [0.2, 0.25) is 0 Å². The Kier molecular flexibility index (Phi) is 12.1. The molecule has 56 heavy (non-hydrogen) atoms. The van der Waals surface area contributed by atoms with Gasteiger partial charge in [-0.25, -0.2) is 23.2 Å². The SMILES string of the molecule is C=C1NC(N)=Nc2c1ncn2[C@@H]1OC(COP(=O)(O)OP(=O)(O)OP(=O)(O)OC[C@H]2OC([n+]3cn(C)c4c(=O)[nH]c(N)nc43)[C@H](OCCOC)[C@@H]2O)[C@@H](O)[C@H]1O. The maximum Gasteiger partial charge on any atom is 0.490 e. The summed E-state index contributed by atoms with van der Waals surface area (Å²) >= 11 is 0. The number of aliphatic hydroxyl groups excluding tert-OH is 3. The second-order valence-electron chi connectivity index (χ2n) is 12.3. The van der Waals surface area contributed by atoms with Gasteiger partial charge in [0.1, 0.15) is 42.3 Å². The number of aliphatic hydroxyl groups is 3. The minimum atomic E-state index is -5.99. The Labute approximate surface area is 313 Å². The van der Waals surface area contributed by atoms with Crippen molar-refractivity contribution in [3.63, 3.8) is 0 Å². The molecular formula is C25H38N10O18P3+. The van der Waals surface area contributed by atoms with E-state index in [0.29, 0.717) is 0 Å². The molecule has 0 radical (unpaired) electrons. The van der Waals surface area contributed by atoms with E-state index in [4.69, 9.17) is 34.9 Å². The Morgan fingerprint density at radius 3 is 2.27 bits per heavy atom. The van der Waals surface area contributed by atoms with Crippen LogP contribution in [0.4, 0.5) is 11.8 Å². The topological polar surface area (TPSA) is 395 Å². The average Bonchev–Trinajstić information content (AvgIpc) is 3.81. The van der Waals surface area contributed by atoms with Crippen LogP contribution < -0.4 is 26.9 Å². The van der Waals surface area contributed by atoms with Crippen molar-refractivity contribution in [3.8, 4) is 0 Å². The van der Waals surface area contributed by atoms with E-state index in [-0.39, 0.29) is 53.5 Å². The molecule has 0 spiro atoms. The van der Waals surface area contributed by atoms with Crippen LogP contribution >= 0.6 is 23.5 Å². The Bertz CT molecular complexity index is 2210. The lowest BCUT2D eigenvalue weighted by Gasteiger charge is -2.21. The lowest BCUT2D eigenvalue weighted by atomic mass is 10.1. The van der Waals surface area contributed by atoms with E-state index in [1.165, 1.54) is 40.5 Å². The summed E-state index contributed by atoms with van der Waals surface area (Å²) < 4.78 is 81.7. The van der Waals surface area contributed by atoms with E-state index in [2.05, 4.69) is 45.0 Å². The second-order valence-corrected chi connectivity index (χ2v) is 16.9. The van der Waals surface area contributed by atoms with Gasteiger partial charge in [-0.05, 0) is 0 Å². The van der Waals surface area contributed by atoms with Gasteiger partial charge in [-0.3, -0.25) is 28.0 Å². The van der Waals surface area contributed by atoms with Gasteiger partial charge in [0.05, 0.1) is 45.5 Å². The molecule has 3 aromatic rings. The van der Waals surface area contributed by atoms with Crippen molar-refractivity contribution < 1.29 is 84.9 Å². The standard InChI is InChI=1S/C25H37N10O18P3/c1-10-13-19(30-24(26)29-10)34(8-28-13)22-17(38)15(36)11(50-22)6-48-54(40,41)52-56(44,45)53-55(42,43)49-7-12-16(37)18(47-5-4-46-3)23(51-12)35-9-33(2)14-20(35)31-25(27)32-21(14)39/h8-9,11-12,15-18,22-23,36-38H,1,4-7H2,2-3H3,(H8-,26,27,29,30,31,32,39,40,41,42,43,44,45)/p+1/t11?,12-,15-,16-,17-,18-,22-,23?/m1/s1. The molecule has 28 nitrogen and oxygen atoms in total. The number of aromatic amines is 1. The van der Waals surface area contributed by atoms with Crippen LogP contribution in [0.3, 0.4) is 0 Å². The molecule has 2 fully saturated rings. The molecule has 31 heteroatoms. The Balaban J connectivity index is 1.07. The quantitative estimate of drug-likeness (QED) is 0.0386. The highest BCUT2D eigenvalue weighted by atomic mass is 31.3. The van der Waals surface area contributed by atoms with Crippen molar-refractivity contribution in [1.29, 1.82) is 0 Å². The number of H-pyrrole nitrogens is 1. The number of phosphoric ester groups is 2. The monoisotopic (exact) mass is 859 g/mol. The van der Waals surface area contributed by atoms with Crippen LogP contribution in [0.15, 0.2) is 29.0 Å². The fourth-order valence-corrected chi connectivity index (χ4v) is 9.48. The lowest BCUT2D eigenvalue weighted by molar-refractivity contribution is -0.746. The fraction of sp³-hybridized carbons (Fsp3) is 0.560. The number of guanidine groups is 1. The van der Waals surface area contributed by atoms with E-state index in [0.717, 1.165) is 0 Å². The van der Waals surface area contributed by atoms with E-state index >= 15 is 0 Å². The minimum absolute atomic E-state index is 0.0181. The number of ether oxygens (including phenoxy) is 4. The normalized spacial score (nSPS) is 29.7. The summed E-state index contributed by atoms with van der Waals surface area (Å²) in [5, 5.41) is 34.9. The molecule has 310 valence electrons. The molecule has 5 unspecified atom stereocenters. The number of anilines is 1. The number of nitrogens with two attached hydrogens (primary N) is 2. The van der Waals surface area contributed by atoms with Gasteiger partial charge in [-0.15, -0.1) is 0 Å². The maximum atomic E-state index is 12.7. The minimum Gasteiger partial charge on any atom is -0.387 e. The van der Waals surface area contributed by atoms with Crippen LogP contribution in [0.25, 0.3) is 16.9 Å². The summed E-state index contributed by atoms with van der Waals surface area (Å²) in [4.78, 5) is 57.7. The highest BCUT2D eigenvalue weighted by Gasteiger charge is 2.51. The molecule has 3 aliphatic rings. The molecule has 0 saturated carbocycles. The first-order valence-electron chi connectivity index (χ1n) is 16.0. The number of nitrogens with zero attached hydrogens (tertiary/aromatic N) is 6. The van der Waals surface area contributed by atoms with Gasteiger partial charge in [0.2, 0.25) is 11.7 Å². The van der Waals surface area contributed by atoms with Gasteiger partial charge in [0, 0.05) is 7.11 Å². The number of phosphoric acid groups is 3. The predicted molar refractivity (Wildman–Crippen MR) is 183 cm³/mol. The second kappa shape index (κ2) is 16.0. The van der Waals surface area contributed by atoms with Crippen molar-refractivity contribution in [1.82, 2.24) is 29.4 Å². The van der Waals surface area contributed by atoms with E-state index in [9.17, 15) is 48.5 Å². The highest BCUT2D eigenvalue weighted by Crippen LogP contribution is 2.68. The van der Waals surface area contributed by atoms with Crippen molar-refractivity contribution >= 4 is 58.1 Å². The first-order chi connectivity index (χ1) is 26.2. The molecule has 2 saturated heterocycles. The van der Waals surface area contributed by atoms with Gasteiger partial charge in [0.15, 0.2) is 24.3 Å². The molecule has 6 rings (SSSR count). The molecule has 12 N–H and O–H groups in total. The smallest absolute Gasteiger partial charge is 0.387 e. The number of aryl methyl sites for hydroxylation is 1. The number of hydrogen-bond acceptors (Lipinski definition) is 21. The Morgan fingerprint density at radius 2 is 1.62 bits per heavy atom. The van der Waals surface area contributed by atoms with Gasteiger partial charge in [-0.1, -0.05) is 11.6 Å². The van der Waals surface area contributed by atoms with Gasteiger partial charge < -0.3 is 65.7 Å².